The number of hydrogen-bond donors (Lipinski definition) is 1. The van der Waals surface area contributed by atoms with Crippen molar-refractivity contribution in [1.29, 1.82) is 0 Å². The van der Waals surface area contributed by atoms with E-state index in [2.05, 4.69) is 39.2 Å². The Hall–Kier alpha value is -2.70. The zero-order chi connectivity index (χ0) is 17.4. The van der Waals surface area contributed by atoms with E-state index >= 15 is 0 Å². The Morgan fingerprint density at radius 3 is 2.58 bits per heavy atom. The van der Waals surface area contributed by atoms with Crippen LogP contribution in [-0.2, 0) is 4.74 Å². The molecule has 0 aliphatic heterocycles. The van der Waals surface area contributed by atoms with Gasteiger partial charge in [-0.15, -0.1) is 5.10 Å². The Kier molecular flexibility index (Phi) is 6.48. The molecule has 0 radical (unpaired) electrons. The van der Waals surface area contributed by atoms with Gasteiger partial charge in [0.1, 0.15) is 0 Å². The summed E-state index contributed by atoms with van der Waals surface area (Å²) in [5.41, 5.74) is 1.06. The summed E-state index contributed by atoms with van der Waals surface area (Å²) in [5.74, 6) is 0.715. The average Bonchev–Trinajstić information content (AvgIpc) is 2.61. The molecule has 128 valence electrons. The first-order valence-electron chi connectivity index (χ1n) is 8.08. The molecule has 7 nitrogen and oxygen atoms in total. The predicted octanol–water partition coefficient (Wildman–Crippen LogP) is 3.03. The van der Waals surface area contributed by atoms with Crippen LogP contribution in [0.2, 0.25) is 0 Å². The molecule has 2 aromatic rings. The smallest absolute Gasteiger partial charge is 0.339 e. The quantitative estimate of drug-likeness (QED) is 0.746. The van der Waals surface area contributed by atoms with Crippen LogP contribution in [-0.4, -0.2) is 41.3 Å². The van der Waals surface area contributed by atoms with Crippen molar-refractivity contribution in [3.63, 3.8) is 0 Å². The molecule has 0 amide bonds. The Labute approximate surface area is 142 Å². The second kappa shape index (κ2) is 8.81. The molecule has 7 heteroatoms. The number of nitrogens with zero attached hydrogens (tertiary/aromatic N) is 4. The molecule has 0 atom stereocenters. The first kappa shape index (κ1) is 17.7. The first-order valence-corrected chi connectivity index (χ1v) is 8.08. The van der Waals surface area contributed by atoms with E-state index in [9.17, 15) is 4.79 Å². The number of carbonyl (C=O) groups is 1. The topological polar surface area (TPSA) is 80.2 Å². The van der Waals surface area contributed by atoms with Crippen LogP contribution in [0.1, 0.15) is 37.0 Å². The van der Waals surface area contributed by atoms with Gasteiger partial charge < -0.3 is 15.0 Å². The molecule has 1 N–H and O–H groups in total. The van der Waals surface area contributed by atoms with Crippen LogP contribution >= 0.6 is 0 Å². The van der Waals surface area contributed by atoms with Crippen molar-refractivity contribution in [3.05, 3.63) is 36.0 Å². The molecular weight excluding hydrogens is 306 g/mol. The molecular formula is C17H23N5O2. The van der Waals surface area contributed by atoms with Crippen molar-refractivity contribution in [2.75, 3.05) is 30.4 Å². The van der Waals surface area contributed by atoms with Crippen LogP contribution in [0, 0.1) is 0 Å². The van der Waals surface area contributed by atoms with E-state index in [1.165, 1.54) is 13.3 Å². The third kappa shape index (κ3) is 4.41. The number of ether oxygens (including phenoxy) is 1. The molecule has 0 spiro atoms. The summed E-state index contributed by atoms with van der Waals surface area (Å²) in [6.45, 7) is 5.98. The van der Waals surface area contributed by atoms with Gasteiger partial charge in [-0.3, -0.25) is 0 Å². The van der Waals surface area contributed by atoms with Crippen LogP contribution in [0.25, 0.3) is 0 Å². The van der Waals surface area contributed by atoms with Crippen LogP contribution in [0.3, 0.4) is 0 Å². The lowest BCUT2D eigenvalue weighted by atomic mass is 10.2. The molecule has 1 heterocycles. The summed E-state index contributed by atoms with van der Waals surface area (Å²) in [7, 11) is 1.36. The Bertz CT molecular complexity index is 672. The third-order valence-electron chi connectivity index (χ3n) is 3.41. The minimum Gasteiger partial charge on any atom is -0.465 e. The maximum atomic E-state index is 11.9. The molecule has 0 saturated carbocycles. The van der Waals surface area contributed by atoms with Gasteiger partial charge in [-0.25, -0.2) is 4.79 Å². The normalized spacial score (nSPS) is 10.3. The Morgan fingerprint density at radius 2 is 1.92 bits per heavy atom. The van der Waals surface area contributed by atoms with Crippen molar-refractivity contribution in [3.8, 4) is 0 Å². The lowest BCUT2D eigenvalue weighted by molar-refractivity contribution is 0.0602. The first-order chi connectivity index (χ1) is 11.7. The van der Waals surface area contributed by atoms with Gasteiger partial charge in [0.25, 0.3) is 0 Å². The van der Waals surface area contributed by atoms with E-state index in [1.807, 2.05) is 6.07 Å². The summed E-state index contributed by atoms with van der Waals surface area (Å²) < 4.78 is 4.80. The van der Waals surface area contributed by atoms with Gasteiger partial charge in [0.15, 0.2) is 5.82 Å². The van der Waals surface area contributed by atoms with Gasteiger partial charge in [-0.2, -0.15) is 10.1 Å². The number of hydrogen-bond acceptors (Lipinski definition) is 7. The highest BCUT2D eigenvalue weighted by atomic mass is 16.5. The Morgan fingerprint density at radius 1 is 1.21 bits per heavy atom. The van der Waals surface area contributed by atoms with Crippen molar-refractivity contribution < 1.29 is 9.53 Å². The van der Waals surface area contributed by atoms with Gasteiger partial charge in [0.2, 0.25) is 5.95 Å². The van der Waals surface area contributed by atoms with E-state index in [0.29, 0.717) is 23.0 Å². The van der Waals surface area contributed by atoms with Crippen LogP contribution in [0.4, 0.5) is 17.5 Å². The fourth-order valence-electron chi connectivity index (χ4n) is 2.36. The van der Waals surface area contributed by atoms with Crippen LogP contribution < -0.4 is 10.2 Å². The SMILES string of the molecule is CCCN(CCC)c1nncc(Nc2ccccc2C(=O)OC)n1. The highest BCUT2D eigenvalue weighted by molar-refractivity contribution is 5.96. The summed E-state index contributed by atoms with van der Waals surface area (Å²) >= 11 is 0. The zero-order valence-corrected chi connectivity index (χ0v) is 14.3. The number of esters is 1. The minimum atomic E-state index is -0.404. The van der Waals surface area contributed by atoms with E-state index < -0.39 is 5.97 Å². The molecule has 1 aromatic carbocycles. The number of benzene rings is 1. The lowest BCUT2D eigenvalue weighted by Gasteiger charge is -2.21. The maximum absolute atomic E-state index is 11.9. The van der Waals surface area contributed by atoms with Crippen molar-refractivity contribution in [1.82, 2.24) is 15.2 Å². The highest BCUT2D eigenvalue weighted by Crippen LogP contribution is 2.21. The van der Waals surface area contributed by atoms with Crippen molar-refractivity contribution in [2.45, 2.75) is 26.7 Å². The fraction of sp³-hybridized carbons (Fsp3) is 0.412. The second-order valence-corrected chi connectivity index (χ2v) is 5.29. The number of para-hydroxylation sites is 1. The minimum absolute atomic E-state index is 0.404. The highest BCUT2D eigenvalue weighted by Gasteiger charge is 2.13. The summed E-state index contributed by atoms with van der Waals surface area (Å²) in [6.07, 6.45) is 3.55. The van der Waals surface area contributed by atoms with Crippen molar-refractivity contribution in [2.24, 2.45) is 0 Å². The lowest BCUT2D eigenvalue weighted by Crippen LogP contribution is -2.27. The molecule has 0 unspecified atom stereocenters. The number of rotatable bonds is 8. The van der Waals surface area contributed by atoms with Gasteiger partial charge in [0.05, 0.1) is 24.6 Å². The van der Waals surface area contributed by atoms with Gasteiger partial charge in [-0.05, 0) is 25.0 Å². The summed E-state index contributed by atoms with van der Waals surface area (Å²) in [4.78, 5) is 18.5. The van der Waals surface area contributed by atoms with E-state index in [4.69, 9.17) is 4.74 Å². The van der Waals surface area contributed by atoms with E-state index in [0.717, 1.165) is 25.9 Å². The molecule has 24 heavy (non-hydrogen) atoms. The summed E-state index contributed by atoms with van der Waals surface area (Å²) in [5, 5.41) is 11.3. The molecule has 0 fully saturated rings. The monoisotopic (exact) mass is 329 g/mol. The largest absolute Gasteiger partial charge is 0.465 e. The summed E-state index contributed by atoms with van der Waals surface area (Å²) in [6, 6.07) is 7.12. The standard InChI is InChI=1S/C17H23N5O2/c1-4-10-22(11-5-2)17-20-15(12-18-21-17)19-14-9-7-6-8-13(14)16(23)24-3/h6-9,12H,4-5,10-11H2,1-3H3,(H,19,20,21). The molecule has 2 rings (SSSR count). The number of nitrogens with one attached hydrogen (secondary N) is 1. The third-order valence-corrected chi connectivity index (χ3v) is 3.41. The molecule has 0 aliphatic carbocycles. The second-order valence-electron chi connectivity index (χ2n) is 5.29. The van der Waals surface area contributed by atoms with Crippen LogP contribution in [0.5, 0.6) is 0 Å². The average molecular weight is 329 g/mol. The fourth-order valence-corrected chi connectivity index (χ4v) is 2.36. The van der Waals surface area contributed by atoms with Gasteiger partial charge in [0, 0.05) is 13.1 Å². The van der Waals surface area contributed by atoms with Crippen molar-refractivity contribution >= 4 is 23.4 Å². The van der Waals surface area contributed by atoms with Crippen LogP contribution in [0.15, 0.2) is 30.5 Å². The Balaban J connectivity index is 2.25. The van der Waals surface area contributed by atoms with E-state index in [-0.39, 0.29) is 0 Å². The number of aromatic nitrogens is 3. The number of anilines is 3. The molecule has 0 aliphatic rings. The molecule has 0 bridgehead atoms. The predicted molar refractivity (Wildman–Crippen MR) is 93.7 cm³/mol. The van der Waals surface area contributed by atoms with E-state index in [1.54, 1.807) is 18.2 Å². The maximum Gasteiger partial charge on any atom is 0.339 e. The van der Waals surface area contributed by atoms with Gasteiger partial charge >= 0.3 is 5.97 Å². The zero-order valence-electron chi connectivity index (χ0n) is 14.3. The number of methoxy groups -OCH3 is 1. The molecule has 0 saturated heterocycles. The van der Waals surface area contributed by atoms with Gasteiger partial charge in [-0.1, -0.05) is 26.0 Å². The molecule has 1 aromatic heterocycles. The number of carbonyl (C=O) groups excluding carboxylic acids is 1.